The second-order valence-electron chi connectivity index (χ2n) is 6.00. The Morgan fingerprint density at radius 2 is 1.79 bits per heavy atom. The quantitative estimate of drug-likeness (QED) is 0.517. The Morgan fingerprint density at radius 1 is 1.04 bits per heavy atom. The van der Waals surface area contributed by atoms with Crippen molar-refractivity contribution in [3.8, 4) is 28.1 Å². The first-order valence-corrected chi connectivity index (χ1v) is 8.33. The van der Waals surface area contributed by atoms with Crippen LogP contribution in [0.1, 0.15) is 0 Å². The van der Waals surface area contributed by atoms with E-state index >= 15 is 0 Å². The van der Waals surface area contributed by atoms with Crippen LogP contribution in [0.4, 0.5) is 15.0 Å². The zero-order valence-corrected chi connectivity index (χ0v) is 14.8. The van der Waals surface area contributed by atoms with Crippen LogP contribution in [-0.2, 0) is 0 Å². The molecule has 8 heteroatoms. The van der Waals surface area contributed by atoms with Gasteiger partial charge in [0, 0.05) is 17.3 Å². The van der Waals surface area contributed by atoms with Crippen LogP contribution in [0.5, 0.6) is 5.75 Å². The molecule has 0 saturated heterocycles. The summed E-state index contributed by atoms with van der Waals surface area (Å²) in [4.78, 5) is 18.8. The Balaban J connectivity index is 1.63. The molecule has 3 aromatic heterocycles. The number of rotatable bonds is 4. The molecule has 3 heterocycles. The van der Waals surface area contributed by atoms with Crippen molar-refractivity contribution in [3.05, 3.63) is 66.9 Å². The maximum Gasteiger partial charge on any atom is 0.410 e. The number of amides is 1. The lowest BCUT2D eigenvalue weighted by atomic mass is 10.0. The summed E-state index contributed by atoms with van der Waals surface area (Å²) in [6, 6.07) is 13.8. The zero-order valence-electron chi connectivity index (χ0n) is 14.8. The van der Waals surface area contributed by atoms with Gasteiger partial charge in [0.25, 0.3) is 0 Å². The molecular formula is C20H15FN4O3. The Labute approximate surface area is 159 Å². The van der Waals surface area contributed by atoms with Crippen molar-refractivity contribution in [1.82, 2.24) is 14.4 Å². The Morgan fingerprint density at radius 3 is 2.46 bits per heavy atom. The van der Waals surface area contributed by atoms with Crippen molar-refractivity contribution in [3.63, 3.8) is 0 Å². The molecular weight excluding hydrogens is 363 g/mol. The van der Waals surface area contributed by atoms with Crippen LogP contribution in [-0.4, -0.2) is 32.7 Å². The fourth-order valence-electron chi connectivity index (χ4n) is 2.88. The Hall–Kier alpha value is -3.94. The number of carbonyl (C=O) groups is 1. The highest BCUT2D eigenvalue weighted by Gasteiger charge is 2.11. The molecule has 0 bridgehead atoms. The van der Waals surface area contributed by atoms with Crippen molar-refractivity contribution in [2.24, 2.45) is 0 Å². The summed E-state index contributed by atoms with van der Waals surface area (Å²) in [5, 5.41) is 10.7. The van der Waals surface area contributed by atoms with Gasteiger partial charge in [-0.25, -0.2) is 14.8 Å². The first kappa shape index (κ1) is 17.5. The van der Waals surface area contributed by atoms with Gasteiger partial charge in [0.2, 0.25) is 5.95 Å². The molecule has 2 N–H and O–H groups in total. The minimum atomic E-state index is -1.30. The van der Waals surface area contributed by atoms with Gasteiger partial charge in [-0.05, 0) is 29.8 Å². The van der Waals surface area contributed by atoms with Crippen LogP contribution >= 0.6 is 0 Å². The first-order chi connectivity index (χ1) is 13.5. The molecule has 0 fully saturated rings. The van der Waals surface area contributed by atoms with Gasteiger partial charge in [0.1, 0.15) is 17.2 Å². The van der Waals surface area contributed by atoms with Gasteiger partial charge in [0.15, 0.2) is 0 Å². The Bertz CT molecular complexity index is 1170. The van der Waals surface area contributed by atoms with Crippen molar-refractivity contribution in [2.75, 3.05) is 12.4 Å². The molecule has 0 aliphatic rings. The number of nitrogens with zero attached hydrogens (tertiary/aromatic N) is 3. The number of benzene rings is 1. The van der Waals surface area contributed by atoms with Crippen molar-refractivity contribution >= 4 is 17.6 Å². The van der Waals surface area contributed by atoms with E-state index in [9.17, 15) is 9.18 Å². The van der Waals surface area contributed by atoms with E-state index in [-0.39, 0.29) is 11.4 Å². The van der Waals surface area contributed by atoms with Crippen LogP contribution in [0.15, 0.2) is 60.9 Å². The number of anilines is 1. The summed E-state index contributed by atoms with van der Waals surface area (Å²) in [5.41, 5.74) is 3.35. The molecule has 4 rings (SSSR count). The molecule has 140 valence electrons. The predicted octanol–water partition coefficient (Wildman–Crippen LogP) is 4.30. The monoisotopic (exact) mass is 378 g/mol. The molecule has 0 radical (unpaired) electrons. The van der Waals surface area contributed by atoms with Crippen LogP contribution in [0.2, 0.25) is 0 Å². The highest BCUT2D eigenvalue weighted by molar-refractivity contribution is 5.82. The fourth-order valence-corrected chi connectivity index (χ4v) is 2.88. The number of hydrogen-bond acceptors (Lipinski definition) is 4. The summed E-state index contributed by atoms with van der Waals surface area (Å²) in [7, 11) is 1.61. The average Bonchev–Trinajstić information content (AvgIpc) is 3.11. The number of ether oxygens (including phenoxy) is 1. The van der Waals surface area contributed by atoms with Gasteiger partial charge in [-0.2, -0.15) is 4.39 Å². The highest BCUT2D eigenvalue weighted by atomic mass is 19.1. The predicted molar refractivity (Wildman–Crippen MR) is 102 cm³/mol. The maximum absolute atomic E-state index is 14.2. The van der Waals surface area contributed by atoms with Gasteiger partial charge in [0.05, 0.1) is 19.0 Å². The number of carboxylic acid groups (broad SMARTS) is 1. The highest BCUT2D eigenvalue weighted by Crippen LogP contribution is 2.27. The van der Waals surface area contributed by atoms with E-state index in [0.717, 1.165) is 22.7 Å². The van der Waals surface area contributed by atoms with Crippen LogP contribution in [0.25, 0.3) is 28.0 Å². The number of imidazole rings is 1. The van der Waals surface area contributed by atoms with Crippen molar-refractivity contribution < 1.29 is 19.0 Å². The SMILES string of the molecule is COc1ccc2nc(-c3ccc(-c4ccc(NC(=O)O)nc4F)cc3)cn2c1. The van der Waals surface area contributed by atoms with Crippen molar-refractivity contribution in [2.45, 2.75) is 0 Å². The molecule has 0 aliphatic heterocycles. The first-order valence-electron chi connectivity index (χ1n) is 8.33. The number of aromatic nitrogens is 3. The third-order valence-electron chi connectivity index (χ3n) is 4.24. The van der Waals surface area contributed by atoms with E-state index in [1.807, 2.05) is 46.4 Å². The summed E-state index contributed by atoms with van der Waals surface area (Å²) in [6.45, 7) is 0. The van der Waals surface area contributed by atoms with E-state index in [4.69, 9.17) is 9.84 Å². The molecule has 0 atom stereocenters. The second-order valence-corrected chi connectivity index (χ2v) is 6.00. The van der Waals surface area contributed by atoms with E-state index in [0.29, 0.717) is 5.56 Å². The number of fused-ring (bicyclic) bond motifs is 1. The molecule has 1 amide bonds. The average molecular weight is 378 g/mol. The van der Waals surface area contributed by atoms with E-state index in [1.165, 1.54) is 12.1 Å². The lowest BCUT2D eigenvalue weighted by molar-refractivity contribution is 0.209. The van der Waals surface area contributed by atoms with Crippen LogP contribution < -0.4 is 10.1 Å². The molecule has 28 heavy (non-hydrogen) atoms. The van der Waals surface area contributed by atoms with Crippen LogP contribution in [0, 0.1) is 5.95 Å². The minimum absolute atomic E-state index is 0.0644. The minimum Gasteiger partial charge on any atom is -0.495 e. The lowest BCUT2D eigenvalue weighted by Crippen LogP contribution is -2.09. The van der Waals surface area contributed by atoms with E-state index in [1.54, 1.807) is 19.2 Å². The molecule has 0 aliphatic carbocycles. The lowest BCUT2D eigenvalue weighted by Gasteiger charge is -2.06. The molecule has 0 spiro atoms. The molecule has 0 unspecified atom stereocenters. The van der Waals surface area contributed by atoms with E-state index < -0.39 is 12.0 Å². The summed E-state index contributed by atoms with van der Waals surface area (Å²) in [6.07, 6.45) is 2.43. The smallest absolute Gasteiger partial charge is 0.410 e. The Kier molecular flexibility index (Phi) is 4.36. The largest absolute Gasteiger partial charge is 0.495 e. The second kappa shape index (κ2) is 6.99. The zero-order chi connectivity index (χ0) is 19.7. The number of nitrogens with one attached hydrogen (secondary N) is 1. The standard InChI is InChI=1S/C20H15FN4O3/c1-28-14-6-9-18-22-16(11-25(18)10-14)13-4-2-12(3-5-13)15-7-8-17(23-19(15)21)24-20(26)27/h2-11H,1H3,(H,23,24)(H,26,27). The molecule has 1 aromatic carbocycles. The molecule has 7 nitrogen and oxygen atoms in total. The van der Waals surface area contributed by atoms with Gasteiger partial charge in [-0.3, -0.25) is 5.32 Å². The number of halogens is 1. The van der Waals surface area contributed by atoms with E-state index in [2.05, 4.69) is 9.97 Å². The number of methoxy groups -OCH3 is 1. The van der Waals surface area contributed by atoms with Gasteiger partial charge < -0.3 is 14.2 Å². The maximum atomic E-state index is 14.2. The van der Waals surface area contributed by atoms with Gasteiger partial charge in [-0.15, -0.1) is 0 Å². The summed E-state index contributed by atoms with van der Waals surface area (Å²) in [5.74, 6) is -0.0834. The number of hydrogen-bond donors (Lipinski definition) is 2. The summed E-state index contributed by atoms with van der Waals surface area (Å²) < 4.78 is 21.3. The van der Waals surface area contributed by atoms with Crippen LogP contribution in [0.3, 0.4) is 0 Å². The topological polar surface area (TPSA) is 88.8 Å². The molecule has 0 saturated carbocycles. The fraction of sp³-hybridized carbons (Fsp3) is 0.0500. The van der Waals surface area contributed by atoms with Crippen molar-refractivity contribution in [1.29, 1.82) is 0 Å². The van der Waals surface area contributed by atoms with Gasteiger partial charge >= 0.3 is 6.09 Å². The van der Waals surface area contributed by atoms with Gasteiger partial charge in [-0.1, -0.05) is 24.3 Å². The summed E-state index contributed by atoms with van der Waals surface area (Å²) >= 11 is 0. The molecule has 4 aromatic rings. The normalized spacial score (nSPS) is 10.8. The third-order valence-corrected chi connectivity index (χ3v) is 4.24. The number of pyridine rings is 2. The third kappa shape index (κ3) is 3.35.